The van der Waals surface area contributed by atoms with Crippen LogP contribution >= 0.6 is 15.9 Å². The van der Waals surface area contributed by atoms with E-state index in [0.29, 0.717) is 6.04 Å². The van der Waals surface area contributed by atoms with Gasteiger partial charge >= 0.3 is 0 Å². The van der Waals surface area contributed by atoms with Crippen LogP contribution in [0.25, 0.3) is 0 Å². The van der Waals surface area contributed by atoms with Crippen LogP contribution in [-0.4, -0.2) is 18.1 Å². The molecule has 1 fully saturated rings. The minimum Gasteiger partial charge on any atom is -0.369 e. The van der Waals surface area contributed by atoms with Gasteiger partial charge in [-0.3, -0.25) is 0 Å². The summed E-state index contributed by atoms with van der Waals surface area (Å²) in [4.78, 5) is 2.61. The maximum atomic E-state index is 3.65. The third kappa shape index (κ3) is 5.00. The quantitative estimate of drug-likeness (QED) is 0.813. The fourth-order valence-corrected chi connectivity index (χ4v) is 3.30. The van der Waals surface area contributed by atoms with Crippen LogP contribution < -0.4 is 10.2 Å². The van der Waals surface area contributed by atoms with Crippen LogP contribution in [0.3, 0.4) is 0 Å². The summed E-state index contributed by atoms with van der Waals surface area (Å²) >= 11 is 3.65. The molecule has 0 aromatic heterocycles. The Hall–Kier alpha value is -0.540. The van der Waals surface area contributed by atoms with Crippen molar-refractivity contribution in [2.45, 2.75) is 71.5 Å². The molecule has 3 heteroatoms. The van der Waals surface area contributed by atoms with Crippen LogP contribution in [0.5, 0.6) is 0 Å². The molecule has 118 valence electrons. The van der Waals surface area contributed by atoms with E-state index in [1.807, 2.05) is 0 Å². The Bertz CT molecular complexity index is 465. The molecule has 1 saturated heterocycles. The fourth-order valence-electron chi connectivity index (χ4n) is 2.95. The van der Waals surface area contributed by atoms with E-state index in [1.54, 1.807) is 0 Å². The molecule has 1 aromatic rings. The molecule has 1 aromatic carbocycles. The summed E-state index contributed by atoms with van der Waals surface area (Å²) in [5.41, 5.74) is 2.95. The van der Waals surface area contributed by atoms with Gasteiger partial charge in [-0.05, 0) is 58.2 Å². The highest BCUT2D eigenvalue weighted by molar-refractivity contribution is 9.10. The van der Waals surface area contributed by atoms with Gasteiger partial charge in [0.15, 0.2) is 0 Å². The normalized spacial score (nSPS) is 20.4. The van der Waals surface area contributed by atoms with Crippen LogP contribution in [0.1, 0.15) is 58.9 Å². The van der Waals surface area contributed by atoms with Gasteiger partial charge < -0.3 is 10.2 Å². The average Bonchev–Trinajstić information content (AvgIpc) is 2.61. The zero-order chi connectivity index (χ0) is 15.5. The minimum atomic E-state index is 0.148. The van der Waals surface area contributed by atoms with Gasteiger partial charge in [-0.15, -0.1) is 0 Å². The van der Waals surface area contributed by atoms with E-state index >= 15 is 0 Å². The molecule has 1 aliphatic rings. The number of hydrogen-bond donors (Lipinski definition) is 1. The zero-order valence-electron chi connectivity index (χ0n) is 13.9. The molecule has 1 aliphatic heterocycles. The topological polar surface area (TPSA) is 15.3 Å². The smallest absolute Gasteiger partial charge is 0.0425 e. The molecule has 0 bridgehead atoms. The van der Waals surface area contributed by atoms with Gasteiger partial charge in [0.2, 0.25) is 0 Å². The zero-order valence-corrected chi connectivity index (χ0v) is 15.5. The van der Waals surface area contributed by atoms with Crippen LogP contribution in [0.15, 0.2) is 22.7 Å². The monoisotopic (exact) mass is 352 g/mol. The second-order valence-corrected chi connectivity index (χ2v) is 8.18. The first kappa shape index (κ1) is 16.8. The first-order valence-corrected chi connectivity index (χ1v) is 8.96. The van der Waals surface area contributed by atoms with Gasteiger partial charge in [-0.25, -0.2) is 0 Å². The SMILES string of the molecule is CC1CCCCCN1c1cc(Br)ccc1CNC(C)(C)C. The highest BCUT2D eigenvalue weighted by atomic mass is 79.9. The van der Waals surface area contributed by atoms with E-state index in [4.69, 9.17) is 0 Å². The lowest BCUT2D eigenvalue weighted by molar-refractivity contribution is 0.424. The standard InChI is InChI=1S/C18H29BrN2/c1-14-8-6-5-7-11-21(14)17-12-16(19)10-9-15(17)13-20-18(2,3)4/h9-10,12,14,20H,5-8,11,13H2,1-4H3. The highest BCUT2D eigenvalue weighted by Crippen LogP contribution is 2.30. The Labute approximate surface area is 138 Å². The Morgan fingerprint density at radius 2 is 2.00 bits per heavy atom. The number of anilines is 1. The minimum absolute atomic E-state index is 0.148. The van der Waals surface area contributed by atoms with Gasteiger partial charge in [0.05, 0.1) is 0 Å². The summed E-state index contributed by atoms with van der Waals surface area (Å²) in [7, 11) is 0. The molecule has 1 atom stereocenters. The van der Waals surface area contributed by atoms with Crippen LogP contribution in [0, 0.1) is 0 Å². The number of halogens is 1. The van der Waals surface area contributed by atoms with E-state index in [1.165, 1.54) is 48.0 Å². The van der Waals surface area contributed by atoms with E-state index in [-0.39, 0.29) is 5.54 Å². The summed E-state index contributed by atoms with van der Waals surface area (Å²) in [5, 5.41) is 3.63. The van der Waals surface area contributed by atoms with Crippen LogP contribution in [0.2, 0.25) is 0 Å². The molecule has 1 heterocycles. The molecule has 2 rings (SSSR count). The van der Waals surface area contributed by atoms with E-state index < -0.39 is 0 Å². The van der Waals surface area contributed by atoms with E-state index in [9.17, 15) is 0 Å². The van der Waals surface area contributed by atoms with Gasteiger partial charge in [-0.1, -0.05) is 34.8 Å². The van der Waals surface area contributed by atoms with Crippen molar-refractivity contribution < 1.29 is 0 Å². The van der Waals surface area contributed by atoms with Crippen molar-refractivity contribution >= 4 is 21.6 Å². The first-order chi connectivity index (χ1) is 9.87. The molecule has 1 unspecified atom stereocenters. The maximum Gasteiger partial charge on any atom is 0.0425 e. The molecule has 0 aliphatic carbocycles. The molecular formula is C18H29BrN2. The highest BCUT2D eigenvalue weighted by Gasteiger charge is 2.20. The summed E-state index contributed by atoms with van der Waals surface area (Å²) in [6.07, 6.45) is 5.34. The largest absolute Gasteiger partial charge is 0.369 e. The molecule has 0 radical (unpaired) electrons. The van der Waals surface area contributed by atoms with Gasteiger partial charge in [0, 0.05) is 34.8 Å². The lowest BCUT2D eigenvalue weighted by Crippen LogP contribution is -2.37. The van der Waals surface area contributed by atoms with E-state index in [2.05, 4.69) is 72.0 Å². The number of nitrogens with one attached hydrogen (secondary N) is 1. The second-order valence-electron chi connectivity index (χ2n) is 7.27. The summed E-state index contributed by atoms with van der Waals surface area (Å²) in [6.45, 7) is 11.1. The molecule has 2 nitrogen and oxygen atoms in total. The predicted octanol–water partition coefficient (Wildman–Crippen LogP) is 5.11. The second kappa shape index (κ2) is 7.15. The van der Waals surface area contributed by atoms with E-state index in [0.717, 1.165) is 6.54 Å². The van der Waals surface area contributed by atoms with Crippen molar-refractivity contribution in [2.24, 2.45) is 0 Å². The molecule has 1 N–H and O–H groups in total. The van der Waals surface area contributed by atoms with Crippen molar-refractivity contribution in [1.29, 1.82) is 0 Å². The number of rotatable bonds is 3. The first-order valence-electron chi connectivity index (χ1n) is 8.17. The Morgan fingerprint density at radius 1 is 1.24 bits per heavy atom. The van der Waals surface area contributed by atoms with Crippen molar-refractivity contribution in [2.75, 3.05) is 11.4 Å². The Balaban J connectivity index is 2.25. The maximum absolute atomic E-state index is 3.65. The van der Waals surface area contributed by atoms with Crippen LogP contribution in [-0.2, 0) is 6.54 Å². The molecular weight excluding hydrogens is 324 g/mol. The number of benzene rings is 1. The summed E-state index contributed by atoms with van der Waals surface area (Å²) in [6, 6.07) is 7.35. The van der Waals surface area contributed by atoms with Crippen molar-refractivity contribution in [3.63, 3.8) is 0 Å². The van der Waals surface area contributed by atoms with Gasteiger partial charge in [0.1, 0.15) is 0 Å². The lowest BCUT2D eigenvalue weighted by Gasteiger charge is -2.32. The summed E-state index contributed by atoms with van der Waals surface area (Å²) in [5.74, 6) is 0. The van der Waals surface area contributed by atoms with Gasteiger partial charge in [0.25, 0.3) is 0 Å². The van der Waals surface area contributed by atoms with Crippen molar-refractivity contribution in [3.05, 3.63) is 28.2 Å². The summed E-state index contributed by atoms with van der Waals surface area (Å²) < 4.78 is 1.17. The van der Waals surface area contributed by atoms with Crippen molar-refractivity contribution in [1.82, 2.24) is 5.32 Å². The molecule has 21 heavy (non-hydrogen) atoms. The predicted molar refractivity (Wildman–Crippen MR) is 96.0 cm³/mol. The Kier molecular flexibility index (Phi) is 5.73. The third-order valence-corrected chi connectivity index (χ3v) is 4.71. The molecule has 0 saturated carbocycles. The third-order valence-electron chi connectivity index (χ3n) is 4.22. The van der Waals surface area contributed by atoms with Crippen molar-refractivity contribution in [3.8, 4) is 0 Å². The average molecular weight is 353 g/mol. The number of hydrogen-bond acceptors (Lipinski definition) is 2. The number of nitrogens with zero attached hydrogens (tertiary/aromatic N) is 1. The van der Waals surface area contributed by atoms with Gasteiger partial charge in [-0.2, -0.15) is 0 Å². The lowest BCUT2D eigenvalue weighted by atomic mass is 10.1. The molecule has 0 amide bonds. The molecule has 0 spiro atoms. The fraction of sp³-hybridized carbons (Fsp3) is 0.667. The Morgan fingerprint density at radius 3 is 2.71 bits per heavy atom. The van der Waals surface area contributed by atoms with Crippen LogP contribution in [0.4, 0.5) is 5.69 Å².